The van der Waals surface area contributed by atoms with Gasteiger partial charge in [0.05, 0.1) is 6.54 Å². The van der Waals surface area contributed by atoms with E-state index in [-0.39, 0.29) is 5.91 Å². The Bertz CT molecular complexity index is 670. The van der Waals surface area contributed by atoms with Gasteiger partial charge in [0.15, 0.2) is 11.5 Å². The highest BCUT2D eigenvalue weighted by Gasteiger charge is 2.23. The summed E-state index contributed by atoms with van der Waals surface area (Å²) in [5.41, 5.74) is 2.73. The van der Waals surface area contributed by atoms with Crippen LogP contribution in [0, 0.1) is 0 Å². The predicted molar refractivity (Wildman–Crippen MR) is 70.1 cm³/mol. The first-order chi connectivity index (χ1) is 9.83. The van der Waals surface area contributed by atoms with Crippen LogP contribution in [0.5, 0.6) is 0 Å². The number of H-pyrrole nitrogens is 1. The zero-order chi connectivity index (χ0) is 13.5. The number of carbonyl (C=O) groups excluding carboxylic acids is 1. The number of aromatic amines is 1. The van der Waals surface area contributed by atoms with Crippen LogP contribution in [0.4, 0.5) is 0 Å². The van der Waals surface area contributed by atoms with E-state index in [4.69, 9.17) is 0 Å². The Morgan fingerprint density at radius 2 is 2.20 bits per heavy atom. The normalized spacial score (nSPS) is 16.2. The molecule has 0 radical (unpaired) electrons. The summed E-state index contributed by atoms with van der Waals surface area (Å²) in [6, 6.07) is 0. The fourth-order valence-corrected chi connectivity index (χ4v) is 3.09. The third kappa shape index (κ3) is 1.73. The van der Waals surface area contributed by atoms with Crippen LogP contribution < -0.4 is 5.32 Å². The van der Waals surface area contributed by atoms with Crippen molar-refractivity contribution in [3.63, 3.8) is 0 Å². The van der Waals surface area contributed by atoms with Crippen LogP contribution in [-0.2, 0) is 32.4 Å². The van der Waals surface area contributed by atoms with E-state index in [0.29, 0.717) is 12.2 Å². The molecule has 104 valence electrons. The minimum atomic E-state index is -0.125. The maximum Gasteiger partial charge on any atom is 0.272 e. The topological polar surface area (TPSA) is 88.5 Å². The number of nitrogens with zero attached hydrogens (tertiary/aromatic N) is 4. The van der Waals surface area contributed by atoms with Gasteiger partial charge in [0, 0.05) is 24.2 Å². The smallest absolute Gasteiger partial charge is 0.272 e. The monoisotopic (exact) mass is 272 g/mol. The number of aromatic nitrogens is 5. The molecule has 2 aromatic heterocycles. The van der Waals surface area contributed by atoms with E-state index >= 15 is 0 Å². The van der Waals surface area contributed by atoms with E-state index in [2.05, 4.69) is 30.3 Å². The number of hydrogen-bond acceptors (Lipinski definition) is 4. The average Bonchev–Trinajstić information content (AvgIpc) is 3.16. The third-order valence-electron chi connectivity index (χ3n) is 4.11. The summed E-state index contributed by atoms with van der Waals surface area (Å²) in [6.45, 7) is 1.36. The van der Waals surface area contributed by atoms with Crippen molar-refractivity contribution in [3.8, 4) is 0 Å². The van der Waals surface area contributed by atoms with Gasteiger partial charge in [0.1, 0.15) is 5.82 Å². The summed E-state index contributed by atoms with van der Waals surface area (Å²) < 4.78 is 2.09. The van der Waals surface area contributed by atoms with Crippen LogP contribution in [0.25, 0.3) is 0 Å². The standard InChI is InChI=1S/C13H16N6O/c20-13(12-8-3-1-4-9(8)15-18-12)14-7-11-17-16-10-5-2-6-19(10)11/h1-7H2,(H,14,20)(H,15,18). The van der Waals surface area contributed by atoms with E-state index in [1.807, 2.05) is 0 Å². The Labute approximate surface area is 115 Å². The number of amides is 1. The molecule has 0 unspecified atom stereocenters. The van der Waals surface area contributed by atoms with Gasteiger partial charge in [-0.15, -0.1) is 10.2 Å². The molecule has 0 saturated carbocycles. The fourth-order valence-electron chi connectivity index (χ4n) is 3.09. The quantitative estimate of drug-likeness (QED) is 0.844. The molecule has 0 aromatic carbocycles. The first-order valence-corrected chi connectivity index (χ1v) is 7.08. The Morgan fingerprint density at radius 3 is 3.15 bits per heavy atom. The molecule has 2 N–H and O–H groups in total. The molecule has 2 aromatic rings. The van der Waals surface area contributed by atoms with Crippen molar-refractivity contribution >= 4 is 5.91 Å². The summed E-state index contributed by atoms with van der Waals surface area (Å²) in [7, 11) is 0. The molecule has 7 heteroatoms. The Morgan fingerprint density at radius 1 is 1.25 bits per heavy atom. The summed E-state index contributed by atoms with van der Waals surface area (Å²) in [6.07, 6.45) is 5.12. The van der Waals surface area contributed by atoms with E-state index in [0.717, 1.165) is 61.6 Å². The first-order valence-electron chi connectivity index (χ1n) is 7.08. The van der Waals surface area contributed by atoms with Crippen LogP contribution in [0.2, 0.25) is 0 Å². The number of carbonyl (C=O) groups is 1. The van der Waals surface area contributed by atoms with E-state index in [1.54, 1.807) is 0 Å². The zero-order valence-corrected chi connectivity index (χ0v) is 11.1. The molecule has 0 saturated heterocycles. The van der Waals surface area contributed by atoms with Gasteiger partial charge in [-0.05, 0) is 25.7 Å². The van der Waals surface area contributed by atoms with Crippen molar-refractivity contribution < 1.29 is 4.79 Å². The lowest BCUT2D eigenvalue weighted by atomic mass is 10.2. The number of hydrogen-bond donors (Lipinski definition) is 2. The minimum absolute atomic E-state index is 0.125. The van der Waals surface area contributed by atoms with Gasteiger partial charge in [-0.2, -0.15) is 5.10 Å². The lowest BCUT2D eigenvalue weighted by molar-refractivity contribution is 0.0943. The molecule has 0 spiro atoms. The summed E-state index contributed by atoms with van der Waals surface area (Å²) in [5, 5.41) is 18.3. The molecule has 2 aliphatic rings. The number of rotatable bonds is 3. The first kappa shape index (κ1) is 11.6. The van der Waals surface area contributed by atoms with Gasteiger partial charge < -0.3 is 9.88 Å². The Balaban J connectivity index is 1.47. The molecular formula is C13H16N6O. The third-order valence-corrected chi connectivity index (χ3v) is 4.11. The minimum Gasteiger partial charge on any atom is -0.343 e. The molecular weight excluding hydrogens is 256 g/mol. The molecule has 1 amide bonds. The van der Waals surface area contributed by atoms with Crippen LogP contribution in [0.1, 0.15) is 46.2 Å². The van der Waals surface area contributed by atoms with Crippen molar-refractivity contribution in [2.24, 2.45) is 0 Å². The maximum atomic E-state index is 12.2. The number of fused-ring (bicyclic) bond motifs is 2. The molecule has 0 atom stereocenters. The molecule has 3 heterocycles. The highest BCUT2D eigenvalue weighted by atomic mass is 16.1. The van der Waals surface area contributed by atoms with Crippen LogP contribution >= 0.6 is 0 Å². The molecule has 1 aliphatic heterocycles. The number of aryl methyl sites for hydroxylation is 2. The zero-order valence-electron chi connectivity index (χ0n) is 11.1. The lowest BCUT2D eigenvalue weighted by Gasteiger charge is -2.05. The summed E-state index contributed by atoms with van der Waals surface area (Å²) >= 11 is 0. The largest absolute Gasteiger partial charge is 0.343 e. The van der Waals surface area contributed by atoms with E-state index in [9.17, 15) is 4.79 Å². The molecule has 7 nitrogen and oxygen atoms in total. The molecule has 0 bridgehead atoms. The second kappa shape index (κ2) is 4.43. The maximum absolute atomic E-state index is 12.2. The molecule has 20 heavy (non-hydrogen) atoms. The average molecular weight is 272 g/mol. The van der Waals surface area contributed by atoms with Gasteiger partial charge in [-0.3, -0.25) is 9.89 Å². The van der Waals surface area contributed by atoms with Crippen molar-refractivity contribution in [2.75, 3.05) is 0 Å². The Hall–Kier alpha value is -2.18. The SMILES string of the molecule is O=C(NCc1nnc2n1CCC2)c1n[nH]c2c1CCC2. The van der Waals surface area contributed by atoms with Crippen molar-refractivity contribution in [1.29, 1.82) is 0 Å². The van der Waals surface area contributed by atoms with Crippen molar-refractivity contribution in [2.45, 2.75) is 45.2 Å². The summed E-state index contributed by atoms with van der Waals surface area (Å²) in [5.74, 6) is 1.73. The second-order valence-corrected chi connectivity index (χ2v) is 5.35. The lowest BCUT2D eigenvalue weighted by Crippen LogP contribution is -2.25. The van der Waals surface area contributed by atoms with Gasteiger partial charge in [-0.25, -0.2) is 0 Å². The van der Waals surface area contributed by atoms with Crippen LogP contribution in [-0.4, -0.2) is 30.9 Å². The van der Waals surface area contributed by atoms with E-state index in [1.165, 1.54) is 0 Å². The van der Waals surface area contributed by atoms with Gasteiger partial charge in [0.2, 0.25) is 0 Å². The van der Waals surface area contributed by atoms with Crippen molar-refractivity contribution in [3.05, 3.63) is 28.6 Å². The second-order valence-electron chi connectivity index (χ2n) is 5.35. The van der Waals surface area contributed by atoms with E-state index < -0.39 is 0 Å². The van der Waals surface area contributed by atoms with Gasteiger partial charge in [-0.1, -0.05) is 0 Å². The highest BCUT2D eigenvalue weighted by molar-refractivity contribution is 5.94. The van der Waals surface area contributed by atoms with Crippen molar-refractivity contribution in [1.82, 2.24) is 30.3 Å². The van der Waals surface area contributed by atoms with Gasteiger partial charge in [0.25, 0.3) is 5.91 Å². The molecule has 4 rings (SSSR count). The van der Waals surface area contributed by atoms with Gasteiger partial charge >= 0.3 is 0 Å². The Kier molecular flexibility index (Phi) is 2.58. The molecule has 0 fully saturated rings. The molecule has 1 aliphatic carbocycles. The van der Waals surface area contributed by atoms with Crippen LogP contribution in [0.3, 0.4) is 0 Å². The highest BCUT2D eigenvalue weighted by Crippen LogP contribution is 2.22. The predicted octanol–water partition coefficient (Wildman–Crippen LogP) is 0.366. The van der Waals surface area contributed by atoms with Crippen LogP contribution in [0.15, 0.2) is 0 Å². The fraction of sp³-hybridized carbons (Fsp3) is 0.538. The summed E-state index contributed by atoms with van der Waals surface area (Å²) in [4.78, 5) is 12.2. The number of nitrogens with one attached hydrogen (secondary N) is 2.